The summed E-state index contributed by atoms with van der Waals surface area (Å²) >= 11 is 3.65. The predicted octanol–water partition coefficient (Wildman–Crippen LogP) is 4.29. The van der Waals surface area contributed by atoms with Gasteiger partial charge in [0, 0.05) is 16.6 Å². The number of benzene rings is 1. The van der Waals surface area contributed by atoms with Crippen LogP contribution in [0.1, 0.15) is 44.2 Å². The van der Waals surface area contributed by atoms with E-state index in [0.29, 0.717) is 6.04 Å². The van der Waals surface area contributed by atoms with Gasteiger partial charge < -0.3 is 5.32 Å². The first-order chi connectivity index (χ1) is 8.25. The second-order valence-corrected chi connectivity index (χ2v) is 6.46. The highest BCUT2D eigenvalue weighted by molar-refractivity contribution is 9.10. The summed E-state index contributed by atoms with van der Waals surface area (Å²) < 4.78 is 1.23. The zero-order valence-electron chi connectivity index (χ0n) is 10.3. The van der Waals surface area contributed by atoms with Crippen LogP contribution in [-0.2, 0) is 0 Å². The molecule has 2 heteroatoms. The molecule has 0 heterocycles. The highest BCUT2D eigenvalue weighted by Crippen LogP contribution is 2.50. The molecule has 2 aliphatic carbocycles. The number of rotatable bonds is 3. The predicted molar refractivity (Wildman–Crippen MR) is 74.9 cm³/mol. The van der Waals surface area contributed by atoms with Crippen molar-refractivity contribution in [3.8, 4) is 0 Å². The molecule has 0 saturated heterocycles. The van der Waals surface area contributed by atoms with Crippen LogP contribution < -0.4 is 5.32 Å². The lowest BCUT2D eigenvalue weighted by atomic mass is 9.94. The summed E-state index contributed by atoms with van der Waals surface area (Å²) in [6.07, 6.45) is 5.74. The van der Waals surface area contributed by atoms with E-state index in [9.17, 15) is 0 Å². The molecular formula is C15H20BrN. The highest BCUT2D eigenvalue weighted by atomic mass is 79.9. The average Bonchev–Trinajstić information content (AvgIpc) is 3.09. The van der Waals surface area contributed by atoms with Crippen LogP contribution in [0.4, 0.5) is 0 Å². The van der Waals surface area contributed by atoms with Gasteiger partial charge in [0.25, 0.3) is 0 Å². The summed E-state index contributed by atoms with van der Waals surface area (Å²) in [7, 11) is 0. The number of halogens is 1. The van der Waals surface area contributed by atoms with Gasteiger partial charge in [0.05, 0.1) is 0 Å². The monoisotopic (exact) mass is 293 g/mol. The van der Waals surface area contributed by atoms with Gasteiger partial charge in [0.15, 0.2) is 0 Å². The maximum Gasteiger partial charge on any atom is 0.0305 e. The van der Waals surface area contributed by atoms with E-state index in [2.05, 4.69) is 52.4 Å². The molecule has 2 saturated carbocycles. The lowest BCUT2D eigenvalue weighted by molar-refractivity contribution is 0.328. The Morgan fingerprint density at radius 3 is 2.94 bits per heavy atom. The average molecular weight is 294 g/mol. The lowest BCUT2D eigenvalue weighted by Crippen LogP contribution is -2.35. The Balaban J connectivity index is 1.67. The van der Waals surface area contributed by atoms with Gasteiger partial charge in [-0.05, 0) is 43.2 Å². The first-order valence-corrected chi connectivity index (χ1v) is 7.55. The maximum atomic E-state index is 3.84. The minimum atomic E-state index is 0.454. The summed E-state index contributed by atoms with van der Waals surface area (Å²) in [6.45, 7) is 2.28. The Morgan fingerprint density at radius 2 is 2.12 bits per heavy atom. The normalized spacial score (nSPS) is 32.9. The van der Waals surface area contributed by atoms with E-state index in [1.165, 1.54) is 35.7 Å². The quantitative estimate of drug-likeness (QED) is 0.877. The van der Waals surface area contributed by atoms with E-state index in [-0.39, 0.29) is 0 Å². The van der Waals surface area contributed by atoms with Gasteiger partial charge >= 0.3 is 0 Å². The summed E-state index contributed by atoms with van der Waals surface area (Å²) in [5, 5.41) is 3.84. The zero-order valence-corrected chi connectivity index (χ0v) is 11.9. The molecule has 1 nitrogen and oxygen atoms in total. The molecule has 17 heavy (non-hydrogen) atoms. The molecule has 1 N–H and O–H groups in total. The van der Waals surface area contributed by atoms with Crippen molar-refractivity contribution in [2.45, 2.75) is 44.7 Å². The van der Waals surface area contributed by atoms with E-state index in [1.54, 1.807) is 0 Å². The van der Waals surface area contributed by atoms with Crippen LogP contribution in [0.2, 0.25) is 0 Å². The topological polar surface area (TPSA) is 12.0 Å². The third-order valence-corrected chi connectivity index (χ3v) is 5.14. The highest BCUT2D eigenvalue weighted by Gasteiger charge is 2.45. The first kappa shape index (κ1) is 11.7. The molecule has 2 aliphatic rings. The van der Waals surface area contributed by atoms with E-state index in [1.807, 2.05) is 0 Å². The Hall–Kier alpha value is -0.340. The number of fused-ring (bicyclic) bond motifs is 1. The molecule has 0 spiro atoms. The Kier molecular flexibility index (Phi) is 3.27. The van der Waals surface area contributed by atoms with Gasteiger partial charge in [0.2, 0.25) is 0 Å². The Bertz CT molecular complexity index is 404. The minimum absolute atomic E-state index is 0.454. The van der Waals surface area contributed by atoms with Crippen molar-refractivity contribution < 1.29 is 0 Å². The van der Waals surface area contributed by atoms with Gasteiger partial charge in [-0.2, -0.15) is 0 Å². The lowest BCUT2D eigenvalue weighted by Gasteiger charge is -2.27. The molecule has 0 bridgehead atoms. The molecule has 1 aromatic carbocycles. The van der Waals surface area contributed by atoms with Crippen molar-refractivity contribution in [2.24, 2.45) is 11.8 Å². The van der Waals surface area contributed by atoms with Crippen LogP contribution in [0.25, 0.3) is 0 Å². The summed E-state index contributed by atoms with van der Waals surface area (Å²) in [5.74, 6) is 2.03. The largest absolute Gasteiger partial charge is 0.307 e. The first-order valence-electron chi connectivity index (χ1n) is 6.76. The minimum Gasteiger partial charge on any atom is -0.307 e. The molecule has 4 unspecified atom stereocenters. The Morgan fingerprint density at radius 1 is 1.29 bits per heavy atom. The van der Waals surface area contributed by atoms with Crippen LogP contribution in [-0.4, -0.2) is 6.04 Å². The zero-order chi connectivity index (χ0) is 11.8. The molecule has 3 rings (SSSR count). The van der Waals surface area contributed by atoms with Gasteiger partial charge in [-0.1, -0.05) is 47.0 Å². The van der Waals surface area contributed by atoms with Crippen LogP contribution in [0.3, 0.4) is 0 Å². The maximum absolute atomic E-state index is 3.84. The van der Waals surface area contributed by atoms with Crippen molar-refractivity contribution in [3.05, 3.63) is 34.3 Å². The van der Waals surface area contributed by atoms with E-state index >= 15 is 0 Å². The fourth-order valence-electron chi connectivity index (χ4n) is 3.35. The van der Waals surface area contributed by atoms with Crippen LogP contribution in [0.5, 0.6) is 0 Å². The van der Waals surface area contributed by atoms with Crippen LogP contribution in [0.15, 0.2) is 28.7 Å². The molecule has 2 fully saturated rings. The summed E-state index contributed by atoms with van der Waals surface area (Å²) in [6, 6.07) is 9.77. The standard InChI is InChI=1S/C15H20BrN/c1-10(12-6-2-3-7-14(12)16)17-15-8-4-5-11-9-13(11)15/h2-3,6-7,10-11,13,15,17H,4-5,8-9H2,1H3. The molecule has 92 valence electrons. The van der Waals surface area contributed by atoms with Gasteiger partial charge in [-0.3, -0.25) is 0 Å². The van der Waals surface area contributed by atoms with E-state index in [0.717, 1.165) is 17.9 Å². The van der Waals surface area contributed by atoms with E-state index in [4.69, 9.17) is 0 Å². The van der Waals surface area contributed by atoms with Gasteiger partial charge in [-0.25, -0.2) is 0 Å². The molecule has 0 aliphatic heterocycles. The molecule has 4 atom stereocenters. The fourth-order valence-corrected chi connectivity index (χ4v) is 3.98. The second-order valence-electron chi connectivity index (χ2n) is 5.61. The number of hydrogen-bond donors (Lipinski definition) is 1. The number of hydrogen-bond acceptors (Lipinski definition) is 1. The van der Waals surface area contributed by atoms with Crippen molar-refractivity contribution in [3.63, 3.8) is 0 Å². The van der Waals surface area contributed by atoms with Gasteiger partial charge in [0.1, 0.15) is 0 Å². The van der Waals surface area contributed by atoms with Crippen molar-refractivity contribution in [1.29, 1.82) is 0 Å². The Labute approximate surface area is 112 Å². The number of nitrogens with one attached hydrogen (secondary N) is 1. The summed E-state index contributed by atoms with van der Waals surface area (Å²) in [5.41, 5.74) is 1.38. The second kappa shape index (κ2) is 4.74. The van der Waals surface area contributed by atoms with Crippen LogP contribution in [0, 0.1) is 11.8 Å². The van der Waals surface area contributed by atoms with Crippen molar-refractivity contribution in [1.82, 2.24) is 5.32 Å². The smallest absolute Gasteiger partial charge is 0.0305 e. The molecular weight excluding hydrogens is 274 g/mol. The third kappa shape index (κ3) is 2.43. The fraction of sp³-hybridized carbons (Fsp3) is 0.600. The molecule has 1 aromatic rings. The summed E-state index contributed by atoms with van der Waals surface area (Å²) in [4.78, 5) is 0. The molecule has 0 radical (unpaired) electrons. The van der Waals surface area contributed by atoms with Crippen LogP contribution >= 0.6 is 15.9 Å². The third-order valence-electron chi connectivity index (χ3n) is 4.42. The molecule has 0 amide bonds. The van der Waals surface area contributed by atoms with Gasteiger partial charge in [-0.15, -0.1) is 0 Å². The van der Waals surface area contributed by atoms with Crippen molar-refractivity contribution in [2.75, 3.05) is 0 Å². The SMILES string of the molecule is CC(NC1CCCC2CC21)c1ccccc1Br. The molecule has 0 aromatic heterocycles. The van der Waals surface area contributed by atoms with E-state index < -0.39 is 0 Å². The van der Waals surface area contributed by atoms with Crippen molar-refractivity contribution >= 4 is 15.9 Å².